The van der Waals surface area contributed by atoms with Crippen molar-refractivity contribution in [2.75, 3.05) is 32.8 Å². The molecular formula is C14H28N2O2. The van der Waals surface area contributed by atoms with Gasteiger partial charge < -0.3 is 15.0 Å². The maximum absolute atomic E-state index is 12.1. The molecule has 1 aliphatic heterocycles. The number of rotatable bonds is 7. The van der Waals surface area contributed by atoms with Gasteiger partial charge in [-0.1, -0.05) is 6.92 Å². The average Bonchev–Trinajstić information content (AvgIpc) is 2.36. The fraction of sp³-hybridized carbons (Fsp3) is 0.929. The van der Waals surface area contributed by atoms with E-state index in [1.807, 2.05) is 18.7 Å². The van der Waals surface area contributed by atoms with Crippen molar-refractivity contribution in [3.8, 4) is 0 Å². The van der Waals surface area contributed by atoms with Crippen LogP contribution < -0.4 is 5.32 Å². The van der Waals surface area contributed by atoms with Crippen molar-refractivity contribution < 1.29 is 9.53 Å². The third-order valence-corrected chi connectivity index (χ3v) is 3.26. The van der Waals surface area contributed by atoms with Gasteiger partial charge in [0.05, 0.1) is 6.10 Å². The molecule has 0 aromatic rings. The first-order chi connectivity index (χ1) is 8.63. The second kappa shape index (κ2) is 8.48. The Bertz CT molecular complexity index is 238. The summed E-state index contributed by atoms with van der Waals surface area (Å²) >= 11 is 0. The minimum atomic E-state index is 0.119. The number of nitrogens with zero attached hydrogens (tertiary/aromatic N) is 1. The molecule has 0 radical (unpaired) electrons. The largest absolute Gasteiger partial charge is 0.369 e. The Labute approximate surface area is 111 Å². The van der Waals surface area contributed by atoms with Crippen LogP contribution in [0, 0.1) is 5.92 Å². The van der Waals surface area contributed by atoms with E-state index in [9.17, 15) is 4.79 Å². The van der Waals surface area contributed by atoms with E-state index in [1.165, 1.54) is 12.8 Å². The lowest BCUT2D eigenvalue weighted by molar-refractivity contribution is -0.138. The first-order valence-corrected chi connectivity index (χ1v) is 7.23. The Morgan fingerprint density at radius 2 is 2.28 bits per heavy atom. The molecule has 1 saturated heterocycles. The predicted octanol–water partition coefficient (Wildman–Crippen LogP) is 1.65. The number of hydrogen-bond donors (Lipinski definition) is 1. The SMILES string of the molecule is CCCN(CC1CCCNC1)C(=O)COC(C)C. The smallest absolute Gasteiger partial charge is 0.248 e. The summed E-state index contributed by atoms with van der Waals surface area (Å²) < 4.78 is 5.41. The summed E-state index contributed by atoms with van der Waals surface area (Å²) in [7, 11) is 0. The molecule has 0 saturated carbocycles. The Hall–Kier alpha value is -0.610. The van der Waals surface area contributed by atoms with Gasteiger partial charge in [0.2, 0.25) is 5.91 Å². The number of nitrogens with one attached hydrogen (secondary N) is 1. The van der Waals surface area contributed by atoms with Gasteiger partial charge in [-0.3, -0.25) is 4.79 Å². The lowest BCUT2D eigenvalue weighted by Crippen LogP contribution is -2.43. The van der Waals surface area contributed by atoms with Crippen molar-refractivity contribution in [2.24, 2.45) is 5.92 Å². The van der Waals surface area contributed by atoms with Crippen molar-refractivity contribution in [1.29, 1.82) is 0 Å². The molecule has 0 aliphatic carbocycles. The minimum absolute atomic E-state index is 0.119. The zero-order valence-corrected chi connectivity index (χ0v) is 12.1. The highest BCUT2D eigenvalue weighted by molar-refractivity contribution is 5.77. The summed E-state index contributed by atoms with van der Waals surface area (Å²) in [6.07, 6.45) is 3.58. The van der Waals surface area contributed by atoms with E-state index in [0.717, 1.165) is 32.6 Å². The van der Waals surface area contributed by atoms with Crippen LogP contribution in [0.15, 0.2) is 0 Å². The number of amides is 1. The summed E-state index contributed by atoms with van der Waals surface area (Å²) in [6, 6.07) is 0. The van der Waals surface area contributed by atoms with Crippen LogP contribution in [0.1, 0.15) is 40.0 Å². The second-order valence-corrected chi connectivity index (χ2v) is 5.41. The molecule has 18 heavy (non-hydrogen) atoms. The quantitative estimate of drug-likeness (QED) is 0.753. The Morgan fingerprint density at radius 1 is 1.50 bits per heavy atom. The monoisotopic (exact) mass is 256 g/mol. The molecular weight excluding hydrogens is 228 g/mol. The molecule has 0 aromatic heterocycles. The van der Waals surface area contributed by atoms with E-state index in [2.05, 4.69) is 12.2 Å². The van der Waals surface area contributed by atoms with Gasteiger partial charge in [-0.25, -0.2) is 0 Å². The van der Waals surface area contributed by atoms with Gasteiger partial charge in [0.15, 0.2) is 0 Å². The van der Waals surface area contributed by atoms with Gasteiger partial charge in [-0.05, 0) is 52.1 Å². The minimum Gasteiger partial charge on any atom is -0.369 e. The van der Waals surface area contributed by atoms with Crippen LogP contribution in [0.4, 0.5) is 0 Å². The van der Waals surface area contributed by atoms with E-state index in [0.29, 0.717) is 5.92 Å². The van der Waals surface area contributed by atoms with Crippen LogP contribution in [0.3, 0.4) is 0 Å². The number of carbonyl (C=O) groups excluding carboxylic acids is 1. The Kier molecular flexibility index (Phi) is 7.28. The predicted molar refractivity (Wildman–Crippen MR) is 73.6 cm³/mol. The molecule has 1 rings (SSSR count). The van der Waals surface area contributed by atoms with Crippen LogP contribution in [-0.4, -0.2) is 49.7 Å². The van der Waals surface area contributed by atoms with Gasteiger partial charge in [-0.15, -0.1) is 0 Å². The summed E-state index contributed by atoms with van der Waals surface area (Å²) in [5, 5.41) is 3.40. The Morgan fingerprint density at radius 3 is 2.83 bits per heavy atom. The van der Waals surface area contributed by atoms with Crippen molar-refractivity contribution >= 4 is 5.91 Å². The molecule has 1 atom stereocenters. The van der Waals surface area contributed by atoms with E-state index in [1.54, 1.807) is 0 Å². The molecule has 0 spiro atoms. The molecule has 0 aromatic carbocycles. The maximum atomic E-state index is 12.1. The maximum Gasteiger partial charge on any atom is 0.248 e. The van der Waals surface area contributed by atoms with Crippen molar-refractivity contribution in [3.05, 3.63) is 0 Å². The normalized spacial score (nSPS) is 20.1. The first kappa shape index (κ1) is 15.4. The van der Waals surface area contributed by atoms with Gasteiger partial charge >= 0.3 is 0 Å². The third-order valence-electron chi connectivity index (χ3n) is 3.26. The fourth-order valence-corrected chi connectivity index (χ4v) is 2.31. The Balaban J connectivity index is 2.39. The molecule has 106 valence electrons. The van der Waals surface area contributed by atoms with Crippen molar-refractivity contribution in [2.45, 2.75) is 46.1 Å². The van der Waals surface area contributed by atoms with E-state index in [4.69, 9.17) is 4.74 Å². The first-order valence-electron chi connectivity index (χ1n) is 7.23. The van der Waals surface area contributed by atoms with E-state index < -0.39 is 0 Å². The molecule has 4 heteroatoms. The van der Waals surface area contributed by atoms with E-state index in [-0.39, 0.29) is 18.6 Å². The third kappa shape index (κ3) is 5.83. The summed E-state index contributed by atoms with van der Waals surface area (Å²) in [5.41, 5.74) is 0. The number of hydrogen-bond acceptors (Lipinski definition) is 3. The molecule has 0 bridgehead atoms. The standard InChI is InChI=1S/C14H28N2O2/c1-4-8-16(14(17)11-18-12(2)3)10-13-6-5-7-15-9-13/h12-13,15H,4-11H2,1-3H3. The highest BCUT2D eigenvalue weighted by Crippen LogP contribution is 2.12. The number of ether oxygens (including phenoxy) is 1. The highest BCUT2D eigenvalue weighted by Gasteiger charge is 2.20. The van der Waals surface area contributed by atoms with Crippen LogP contribution in [0.25, 0.3) is 0 Å². The molecule has 1 N–H and O–H groups in total. The van der Waals surface area contributed by atoms with Crippen LogP contribution in [0.2, 0.25) is 0 Å². The highest BCUT2D eigenvalue weighted by atomic mass is 16.5. The van der Waals surface area contributed by atoms with Crippen LogP contribution in [0.5, 0.6) is 0 Å². The molecule has 1 heterocycles. The summed E-state index contributed by atoms with van der Waals surface area (Å²) in [5.74, 6) is 0.740. The van der Waals surface area contributed by atoms with Crippen molar-refractivity contribution in [3.63, 3.8) is 0 Å². The van der Waals surface area contributed by atoms with Crippen molar-refractivity contribution in [1.82, 2.24) is 10.2 Å². The van der Waals surface area contributed by atoms with Gasteiger partial charge in [0, 0.05) is 13.1 Å². The zero-order valence-electron chi connectivity index (χ0n) is 12.1. The fourth-order valence-electron chi connectivity index (χ4n) is 2.31. The molecule has 1 fully saturated rings. The summed E-state index contributed by atoms with van der Waals surface area (Å²) in [4.78, 5) is 14.1. The topological polar surface area (TPSA) is 41.6 Å². The van der Waals surface area contributed by atoms with Crippen LogP contribution in [-0.2, 0) is 9.53 Å². The van der Waals surface area contributed by atoms with Gasteiger partial charge in [0.1, 0.15) is 6.61 Å². The average molecular weight is 256 g/mol. The summed E-state index contributed by atoms with van der Waals surface area (Å²) in [6.45, 7) is 10.1. The lowest BCUT2D eigenvalue weighted by atomic mass is 9.99. The van der Waals surface area contributed by atoms with Gasteiger partial charge in [0.25, 0.3) is 0 Å². The molecule has 1 unspecified atom stereocenters. The van der Waals surface area contributed by atoms with Gasteiger partial charge in [-0.2, -0.15) is 0 Å². The second-order valence-electron chi connectivity index (χ2n) is 5.41. The molecule has 1 amide bonds. The molecule has 1 aliphatic rings. The van der Waals surface area contributed by atoms with Crippen LogP contribution >= 0.6 is 0 Å². The lowest BCUT2D eigenvalue weighted by Gasteiger charge is -2.30. The number of piperidine rings is 1. The molecule has 4 nitrogen and oxygen atoms in total. The zero-order chi connectivity index (χ0) is 13.4. The van der Waals surface area contributed by atoms with E-state index >= 15 is 0 Å². The number of carbonyl (C=O) groups is 1.